The van der Waals surface area contributed by atoms with Crippen molar-refractivity contribution < 1.29 is 19.2 Å². The van der Waals surface area contributed by atoms with Gasteiger partial charge in [-0.25, -0.2) is 0 Å². The number of ether oxygens (including phenoxy) is 2. The molecule has 2 rings (SSSR count). The van der Waals surface area contributed by atoms with Gasteiger partial charge in [0.1, 0.15) is 5.56 Å². The first-order chi connectivity index (χ1) is 12.7. The lowest BCUT2D eigenvalue weighted by Gasteiger charge is -2.23. The van der Waals surface area contributed by atoms with Gasteiger partial charge >= 0.3 is 0 Å². The molecule has 0 spiro atoms. The summed E-state index contributed by atoms with van der Waals surface area (Å²) in [5.41, 5.74) is 0.900. The summed E-state index contributed by atoms with van der Waals surface area (Å²) in [4.78, 5) is 23.7. The van der Waals surface area contributed by atoms with Crippen LogP contribution in [0.1, 0.15) is 43.6 Å². The Morgan fingerprint density at radius 1 is 1.19 bits per heavy atom. The second-order valence-electron chi connectivity index (χ2n) is 6.96. The monoisotopic (exact) mass is 372 g/mol. The number of rotatable bonds is 6. The molecule has 0 radical (unpaired) electrons. The van der Waals surface area contributed by atoms with E-state index in [4.69, 9.17) is 9.47 Å². The molecule has 0 aliphatic carbocycles. The van der Waals surface area contributed by atoms with Crippen molar-refractivity contribution >= 4 is 17.3 Å². The number of carbonyl (C=O) groups excluding carboxylic acids is 1. The Labute approximate surface area is 158 Å². The fourth-order valence-corrected chi connectivity index (χ4v) is 2.75. The van der Waals surface area contributed by atoms with E-state index in [0.29, 0.717) is 12.3 Å². The fraction of sp³-hybridized carbons (Fsp3) is 0.350. The van der Waals surface area contributed by atoms with Gasteiger partial charge < -0.3 is 14.8 Å². The van der Waals surface area contributed by atoms with Gasteiger partial charge in [-0.2, -0.15) is 0 Å². The van der Waals surface area contributed by atoms with Crippen LogP contribution in [0, 0.1) is 10.1 Å². The first kappa shape index (κ1) is 20.2. The molecule has 0 saturated carbocycles. The summed E-state index contributed by atoms with van der Waals surface area (Å²) in [5.74, 6) is -0.102. The van der Waals surface area contributed by atoms with Crippen molar-refractivity contribution in [3.05, 3.63) is 57.6 Å². The molecule has 144 valence electrons. The van der Waals surface area contributed by atoms with E-state index in [1.54, 1.807) is 19.1 Å². The van der Waals surface area contributed by atoms with E-state index in [1.165, 1.54) is 19.2 Å². The Morgan fingerprint density at radius 2 is 1.85 bits per heavy atom. The standard InChI is InChI=1S/C20H24N2O5/c1-6-27-18-12-16(22(24)25)13(11-17(18)26-5)19(23)21-15-10-8-7-9-14(15)20(2,3)4/h7-12H,6H2,1-5H3,(H,21,23). The van der Waals surface area contributed by atoms with Gasteiger partial charge in [-0.15, -0.1) is 0 Å². The van der Waals surface area contributed by atoms with Gasteiger partial charge in [0.25, 0.3) is 11.6 Å². The molecule has 0 saturated heterocycles. The van der Waals surface area contributed by atoms with Crippen molar-refractivity contribution in [2.75, 3.05) is 19.0 Å². The normalized spacial score (nSPS) is 11.0. The molecule has 0 aromatic heterocycles. The zero-order valence-corrected chi connectivity index (χ0v) is 16.2. The topological polar surface area (TPSA) is 90.7 Å². The molecular formula is C20H24N2O5. The van der Waals surface area contributed by atoms with Crippen LogP contribution >= 0.6 is 0 Å². The molecule has 0 aliphatic rings. The summed E-state index contributed by atoms with van der Waals surface area (Å²) in [6.45, 7) is 8.16. The van der Waals surface area contributed by atoms with Crippen LogP contribution in [0.25, 0.3) is 0 Å². The summed E-state index contributed by atoms with van der Waals surface area (Å²) >= 11 is 0. The lowest BCUT2D eigenvalue weighted by atomic mass is 9.86. The average Bonchev–Trinajstić information content (AvgIpc) is 2.61. The third-order valence-corrected chi connectivity index (χ3v) is 4.01. The molecule has 27 heavy (non-hydrogen) atoms. The molecule has 0 heterocycles. The number of para-hydroxylation sites is 1. The SMILES string of the molecule is CCOc1cc([N+](=O)[O-])c(C(=O)Nc2ccccc2C(C)(C)C)cc1OC. The number of hydrogen-bond acceptors (Lipinski definition) is 5. The first-order valence-electron chi connectivity index (χ1n) is 8.59. The maximum Gasteiger partial charge on any atom is 0.286 e. The van der Waals surface area contributed by atoms with Crippen molar-refractivity contribution in [3.8, 4) is 11.5 Å². The van der Waals surface area contributed by atoms with Crippen LogP contribution < -0.4 is 14.8 Å². The Balaban J connectivity index is 2.49. The van der Waals surface area contributed by atoms with Gasteiger partial charge in [-0.1, -0.05) is 39.0 Å². The molecule has 0 aliphatic heterocycles. The second kappa shape index (κ2) is 8.07. The lowest BCUT2D eigenvalue weighted by Crippen LogP contribution is -2.19. The summed E-state index contributed by atoms with van der Waals surface area (Å²) in [7, 11) is 1.42. The number of nitro groups is 1. The summed E-state index contributed by atoms with van der Waals surface area (Å²) in [5, 5.41) is 14.3. The molecule has 1 N–H and O–H groups in total. The molecule has 7 heteroatoms. The highest BCUT2D eigenvalue weighted by Gasteiger charge is 2.26. The largest absolute Gasteiger partial charge is 0.493 e. The molecule has 2 aromatic carbocycles. The predicted octanol–water partition coefficient (Wildman–Crippen LogP) is 4.55. The number of nitro benzene ring substituents is 1. The van der Waals surface area contributed by atoms with E-state index in [9.17, 15) is 14.9 Å². The van der Waals surface area contributed by atoms with E-state index < -0.39 is 10.8 Å². The number of carbonyl (C=O) groups is 1. The number of benzene rings is 2. The van der Waals surface area contributed by atoms with Crippen LogP contribution in [0.4, 0.5) is 11.4 Å². The van der Waals surface area contributed by atoms with Gasteiger partial charge in [0.05, 0.1) is 24.7 Å². The minimum absolute atomic E-state index is 0.0935. The molecule has 7 nitrogen and oxygen atoms in total. The number of nitrogens with zero attached hydrogens (tertiary/aromatic N) is 1. The lowest BCUT2D eigenvalue weighted by molar-refractivity contribution is -0.385. The molecule has 0 fully saturated rings. The van der Waals surface area contributed by atoms with Crippen LogP contribution in [0.2, 0.25) is 0 Å². The Kier molecular flexibility index (Phi) is 6.05. The highest BCUT2D eigenvalue weighted by atomic mass is 16.6. The zero-order chi connectivity index (χ0) is 20.2. The van der Waals surface area contributed by atoms with Crippen molar-refractivity contribution in [1.29, 1.82) is 0 Å². The van der Waals surface area contributed by atoms with Crippen molar-refractivity contribution in [2.45, 2.75) is 33.1 Å². The van der Waals surface area contributed by atoms with Crippen LogP contribution in [-0.4, -0.2) is 24.5 Å². The van der Waals surface area contributed by atoms with Gasteiger partial charge in [0.2, 0.25) is 0 Å². The van der Waals surface area contributed by atoms with E-state index in [0.717, 1.165) is 5.56 Å². The van der Waals surface area contributed by atoms with Crippen LogP contribution in [0.5, 0.6) is 11.5 Å². The van der Waals surface area contributed by atoms with Crippen LogP contribution in [-0.2, 0) is 5.41 Å². The smallest absolute Gasteiger partial charge is 0.286 e. The minimum Gasteiger partial charge on any atom is -0.493 e. The van der Waals surface area contributed by atoms with Gasteiger partial charge in [-0.05, 0) is 24.0 Å². The molecular weight excluding hydrogens is 348 g/mol. The Bertz CT molecular complexity index is 856. The molecule has 0 bridgehead atoms. The summed E-state index contributed by atoms with van der Waals surface area (Å²) in [6.07, 6.45) is 0. The predicted molar refractivity (Wildman–Crippen MR) is 104 cm³/mol. The Morgan fingerprint density at radius 3 is 2.41 bits per heavy atom. The maximum atomic E-state index is 12.8. The van der Waals surface area contributed by atoms with Crippen molar-refractivity contribution in [2.24, 2.45) is 0 Å². The highest BCUT2D eigenvalue weighted by Crippen LogP contribution is 2.36. The van der Waals surface area contributed by atoms with Crippen molar-refractivity contribution in [3.63, 3.8) is 0 Å². The Hall–Kier alpha value is -3.09. The van der Waals surface area contributed by atoms with Gasteiger partial charge in [-0.3, -0.25) is 14.9 Å². The van der Waals surface area contributed by atoms with E-state index in [2.05, 4.69) is 5.32 Å². The number of hydrogen-bond donors (Lipinski definition) is 1. The minimum atomic E-state index is -0.605. The number of amides is 1. The fourth-order valence-electron chi connectivity index (χ4n) is 2.75. The van der Waals surface area contributed by atoms with E-state index >= 15 is 0 Å². The maximum absolute atomic E-state index is 12.8. The molecule has 2 aromatic rings. The molecule has 1 amide bonds. The second-order valence-corrected chi connectivity index (χ2v) is 6.96. The van der Waals surface area contributed by atoms with Gasteiger partial charge in [0.15, 0.2) is 11.5 Å². The number of methoxy groups -OCH3 is 1. The third-order valence-electron chi connectivity index (χ3n) is 4.01. The molecule has 0 unspecified atom stereocenters. The summed E-state index contributed by atoms with van der Waals surface area (Å²) in [6, 6.07) is 9.93. The number of anilines is 1. The summed E-state index contributed by atoms with van der Waals surface area (Å²) < 4.78 is 10.6. The highest BCUT2D eigenvalue weighted by molar-refractivity contribution is 6.08. The first-order valence-corrected chi connectivity index (χ1v) is 8.59. The average molecular weight is 372 g/mol. The van der Waals surface area contributed by atoms with E-state index in [1.807, 2.05) is 32.9 Å². The van der Waals surface area contributed by atoms with Gasteiger partial charge in [0, 0.05) is 11.8 Å². The van der Waals surface area contributed by atoms with Crippen LogP contribution in [0.3, 0.4) is 0 Å². The zero-order valence-electron chi connectivity index (χ0n) is 16.2. The van der Waals surface area contributed by atoms with Crippen LogP contribution in [0.15, 0.2) is 36.4 Å². The quantitative estimate of drug-likeness (QED) is 0.593. The third kappa shape index (κ3) is 4.55. The van der Waals surface area contributed by atoms with E-state index in [-0.39, 0.29) is 28.2 Å². The van der Waals surface area contributed by atoms with Crippen molar-refractivity contribution in [1.82, 2.24) is 0 Å². The number of nitrogens with one attached hydrogen (secondary N) is 1. The molecule has 0 atom stereocenters.